The molecule has 84 valence electrons. The van der Waals surface area contributed by atoms with E-state index in [-0.39, 0.29) is 0 Å². The van der Waals surface area contributed by atoms with Crippen molar-refractivity contribution < 1.29 is 4.74 Å². The van der Waals surface area contributed by atoms with Crippen LogP contribution in [0.2, 0.25) is 0 Å². The van der Waals surface area contributed by atoms with Gasteiger partial charge in [0, 0.05) is 19.3 Å². The highest BCUT2D eigenvalue weighted by atomic mass is 16.5. The summed E-state index contributed by atoms with van der Waals surface area (Å²) < 4.78 is 7.20. The zero-order valence-corrected chi connectivity index (χ0v) is 9.69. The van der Waals surface area contributed by atoms with Gasteiger partial charge in [0.15, 0.2) is 0 Å². The highest BCUT2D eigenvalue weighted by Crippen LogP contribution is 2.20. The zero-order chi connectivity index (χ0) is 11.5. The lowest BCUT2D eigenvalue weighted by Crippen LogP contribution is -2.00. The molecule has 4 nitrogen and oxygen atoms in total. The number of ether oxygens (including phenoxy) is 1. The Bertz CT molecular complexity index is 491. The van der Waals surface area contributed by atoms with Crippen LogP contribution in [0.3, 0.4) is 0 Å². The van der Waals surface area contributed by atoms with Gasteiger partial charge in [0.2, 0.25) is 5.95 Å². The minimum Gasteiger partial charge on any atom is -0.497 e. The van der Waals surface area contributed by atoms with Gasteiger partial charge in [0.05, 0.1) is 18.5 Å². The lowest BCUT2D eigenvalue weighted by atomic mass is 10.3. The maximum atomic E-state index is 5.20. The van der Waals surface area contributed by atoms with E-state index < -0.39 is 0 Å². The average Bonchev–Trinajstić information content (AvgIpc) is 2.70. The fourth-order valence-electron chi connectivity index (χ4n) is 1.63. The highest BCUT2D eigenvalue weighted by Gasteiger charge is 2.06. The van der Waals surface area contributed by atoms with Crippen molar-refractivity contribution >= 4 is 5.95 Å². The lowest BCUT2D eigenvalue weighted by molar-refractivity contribution is 0.414. The third-order valence-electron chi connectivity index (χ3n) is 2.38. The van der Waals surface area contributed by atoms with Crippen LogP contribution in [0.15, 0.2) is 30.5 Å². The molecular weight excluding hydrogens is 202 g/mol. The summed E-state index contributed by atoms with van der Waals surface area (Å²) in [5, 5.41) is 3.06. The standard InChI is InChI=1S/C12H15N3O/c1-9-8-15(12(13-2)14-9)10-5-4-6-11(7-10)16-3/h4-8H,1-3H3,(H,13,14). The summed E-state index contributed by atoms with van der Waals surface area (Å²) in [5.74, 6) is 1.66. The van der Waals surface area contributed by atoms with E-state index in [1.165, 1.54) is 0 Å². The summed E-state index contributed by atoms with van der Waals surface area (Å²) in [6, 6.07) is 7.88. The van der Waals surface area contributed by atoms with Crippen LogP contribution < -0.4 is 10.1 Å². The number of nitrogens with zero attached hydrogens (tertiary/aromatic N) is 2. The molecule has 0 bridgehead atoms. The SMILES string of the molecule is CNc1nc(C)cn1-c1cccc(OC)c1. The first-order valence-corrected chi connectivity index (χ1v) is 5.13. The van der Waals surface area contributed by atoms with E-state index in [2.05, 4.69) is 10.3 Å². The molecule has 1 heterocycles. The average molecular weight is 217 g/mol. The van der Waals surface area contributed by atoms with Crippen molar-refractivity contribution in [1.82, 2.24) is 9.55 Å². The van der Waals surface area contributed by atoms with Gasteiger partial charge >= 0.3 is 0 Å². The summed E-state index contributed by atoms with van der Waals surface area (Å²) >= 11 is 0. The zero-order valence-electron chi connectivity index (χ0n) is 9.69. The Morgan fingerprint density at radius 1 is 1.38 bits per heavy atom. The van der Waals surface area contributed by atoms with Crippen LogP contribution in [0.5, 0.6) is 5.75 Å². The van der Waals surface area contributed by atoms with Gasteiger partial charge in [0.1, 0.15) is 5.75 Å². The van der Waals surface area contributed by atoms with Crippen molar-refractivity contribution in [3.8, 4) is 11.4 Å². The van der Waals surface area contributed by atoms with Gasteiger partial charge in [-0.15, -0.1) is 0 Å². The third-order valence-corrected chi connectivity index (χ3v) is 2.38. The number of nitrogens with one attached hydrogen (secondary N) is 1. The van der Waals surface area contributed by atoms with E-state index in [0.717, 1.165) is 23.1 Å². The van der Waals surface area contributed by atoms with Crippen molar-refractivity contribution in [3.63, 3.8) is 0 Å². The molecule has 2 rings (SSSR count). The van der Waals surface area contributed by atoms with Gasteiger partial charge < -0.3 is 10.1 Å². The van der Waals surface area contributed by atoms with Crippen LogP contribution in [-0.2, 0) is 0 Å². The molecule has 1 N–H and O–H groups in total. The molecule has 0 fully saturated rings. The smallest absolute Gasteiger partial charge is 0.207 e. The molecule has 0 saturated carbocycles. The molecule has 0 atom stereocenters. The molecule has 0 aliphatic rings. The van der Waals surface area contributed by atoms with Crippen molar-refractivity contribution in [3.05, 3.63) is 36.2 Å². The maximum Gasteiger partial charge on any atom is 0.207 e. The minimum atomic E-state index is 0.825. The first kappa shape index (κ1) is 10.5. The Morgan fingerprint density at radius 3 is 2.88 bits per heavy atom. The van der Waals surface area contributed by atoms with Gasteiger partial charge in [0.25, 0.3) is 0 Å². The normalized spacial score (nSPS) is 10.2. The van der Waals surface area contributed by atoms with Crippen LogP contribution in [0, 0.1) is 6.92 Å². The first-order valence-electron chi connectivity index (χ1n) is 5.13. The number of anilines is 1. The third kappa shape index (κ3) is 1.86. The summed E-state index contributed by atoms with van der Waals surface area (Å²) in [5.41, 5.74) is 2.01. The van der Waals surface area contributed by atoms with Crippen molar-refractivity contribution in [2.75, 3.05) is 19.5 Å². The first-order chi connectivity index (χ1) is 7.74. The molecular formula is C12H15N3O. The molecule has 0 amide bonds. The van der Waals surface area contributed by atoms with Crippen LogP contribution >= 0.6 is 0 Å². The Balaban J connectivity index is 2.48. The van der Waals surface area contributed by atoms with E-state index in [1.807, 2.05) is 49.0 Å². The molecule has 1 aromatic carbocycles. The van der Waals surface area contributed by atoms with Gasteiger partial charge in [-0.1, -0.05) is 6.07 Å². The Hall–Kier alpha value is -1.97. The number of aromatic nitrogens is 2. The molecule has 0 radical (unpaired) electrons. The van der Waals surface area contributed by atoms with Crippen LogP contribution in [0.4, 0.5) is 5.95 Å². The maximum absolute atomic E-state index is 5.20. The fraction of sp³-hybridized carbons (Fsp3) is 0.250. The molecule has 1 aromatic heterocycles. The van der Waals surface area contributed by atoms with Crippen molar-refractivity contribution in [2.45, 2.75) is 6.92 Å². The summed E-state index contributed by atoms with van der Waals surface area (Å²) in [6.45, 7) is 1.97. The van der Waals surface area contributed by atoms with Crippen molar-refractivity contribution in [1.29, 1.82) is 0 Å². The lowest BCUT2D eigenvalue weighted by Gasteiger charge is -2.08. The molecule has 0 aliphatic carbocycles. The van der Waals surface area contributed by atoms with Crippen LogP contribution in [0.1, 0.15) is 5.69 Å². The molecule has 0 spiro atoms. The van der Waals surface area contributed by atoms with Crippen molar-refractivity contribution in [2.24, 2.45) is 0 Å². The van der Waals surface area contributed by atoms with Crippen LogP contribution in [-0.4, -0.2) is 23.7 Å². The van der Waals surface area contributed by atoms with E-state index >= 15 is 0 Å². The van der Waals surface area contributed by atoms with Gasteiger partial charge in [-0.3, -0.25) is 4.57 Å². The predicted octanol–water partition coefficient (Wildman–Crippen LogP) is 2.23. The Labute approximate surface area is 94.9 Å². The molecule has 0 aliphatic heterocycles. The monoisotopic (exact) mass is 217 g/mol. The largest absolute Gasteiger partial charge is 0.497 e. The summed E-state index contributed by atoms with van der Waals surface area (Å²) in [6.07, 6.45) is 1.99. The highest BCUT2D eigenvalue weighted by molar-refractivity contribution is 5.46. The minimum absolute atomic E-state index is 0.825. The summed E-state index contributed by atoms with van der Waals surface area (Å²) in [4.78, 5) is 4.37. The topological polar surface area (TPSA) is 39.1 Å². The number of hydrogen-bond donors (Lipinski definition) is 1. The number of methoxy groups -OCH3 is 1. The molecule has 2 aromatic rings. The van der Waals surface area contributed by atoms with E-state index in [0.29, 0.717) is 0 Å². The molecule has 0 saturated heterocycles. The molecule has 16 heavy (non-hydrogen) atoms. The number of benzene rings is 1. The quantitative estimate of drug-likeness (QED) is 0.856. The number of aryl methyl sites for hydroxylation is 1. The van der Waals surface area contributed by atoms with Crippen LogP contribution in [0.25, 0.3) is 5.69 Å². The number of hydrogen-bond acceptors (Lipinski definition) is 3. The van der Waals surface area contributed by atoms with Gasteiger partial charge in [-0.05, 0) is 19.1 Å². The number of imidazole rings is 1. The number of rotatable bonds is 3. The second-order valence-corrected chi connectivity index (χ2v) is 3.53. The van der Waals surface area contributed by atoms with E-state index in [9.17, 15) is 0 Å². The van der Waals surface area contributed by atoms with E-state index in [1.54, 1.807) is 7.11 Å². The second-order valence-electron chi connectivity index (χ2n) is 3.53. The Kier molecular flexibility index (Phi) is 2.81. The molecule has 0 unspecified atom stereocenters. The molecule has 4 heteroatoms. The van der Waals surface area contributed by atoms with Gasteiger partial charge in [-0.25, -0.2) is 4.98 Å². The summed E-state index contributed by atoms with van der Waals surface area (Å²) in [7, 11) is 3.52. The Morgan fingerprint density at radius 2 is 2.19 bits per heavy atom. The van der Waals surface area contributed by atoms with Gasteiger partial charge in [-0.2, -0.15) is 0 Å². The second kappa shape index (κ2) is 4.26. The predicted molar refractivity (Wildman–Crippen MR) is 64.4 cm³/mol. The fourth-order valence-corrected chi connectivity index (χ4v) is 1.63. The van der Waals surface area contributed by atoms with E-state index in [4.69, 9.17) is 4.74 Å².